The molecule has 1 aromatic heterocycles. The lowest BCUT2D eigenvalue weighted by Gasteiger charge is -2.17. The molecule has 0 aliphatic rings. The minimum atomic E-state index is -0.202. The van der Waals surface area contributed by atoms with Gasteiger partial charge in [-0.25, -0.2) is 9.97 Å². The van der Waals surface area contributed by atoms with Gasteiger partial charge in [0.2, 0.25) is 5.95 Å². The van der Waals surface area contributed by atoms with Gasteiger partial charge in [-0.3, -0.25) is 4.79 Å². The van der Waals surface area contributed by atoms with Gasteiger partial charge in [-0.05, 0) is 49.7 Å². The molecule has 0 atom stereocenters. The zero-order chi connectivity index (χ0) is 18.7. The van der Waals surface area contributed by atoms with Crippen LogP contribution in [0, 0.1) is 13.8 Å². The van der Waals surface area contributed by atoms with Crippen LogP contribution in [0.3, 0.4) is 0 Å². The summed E-state index contributed by atoms with van der Waals surface area (Å²) in [6.45, 7) is 3.76. The first-order chi connectivity index (χ1) is 12.4. The van der Waals surface area contributed by atoms with E-state index in [1.165, 1.54) is 0 Å². The molecule has 0 fully saturated rings. The predicted octanol–water partition coefficient (Wildman–Crippen LogP) is 4.77. The molecular weight excluding hydrogens is 348 g/mol. The lowest BCUT2D eigenvalue weighted by atomic mass is 10.2. The van der Waals surface area contributed by atoms with Crippen LogP contribution >= 0.6 is 11.6 Å². The summed E-state index contributed by atoms with van der Waals surface area (Å²) in [5.74, 6) is 0.154. The molecule has 132 valence electrons. The van der Waals surface area contributed by atoms with Gasteiger partial charge in [0.15, 0.2) is 0 Å². The van der Waals surface area contributed by atoms with Gasteiger partial charge < -0.3 is 10.2 Å². The lowest BCUT2D eigenvalue weighted by Crippen LogP contribution is -2.27. The average molecular weight is 367 g/mol. The van der Waals surface area contributed by atoms with Gasteiger partial charge >= 0.3 is 0 Å². The fraction of sp³-hybridized carbons (Fsp3) is 0.150. The Morgan fingerprint density at radius 2 is 1.77 bits per heavy atom. The van der Waals surface area contributed by atoms with E-state index in [0.717, 1.165) is 16.9 Å². The molecular formula is C20H19ClN4O. The fourth-order valence-corrected chi connectivity index (χ4v) is 2.65. The maximum atomic E-state index is 12.8. The van der Waals surface area contributed by atoms with Gasteiger partial charge in [0, 0.05) is 29.1 Å². The van der Waals surface area contributed by atoms with Crippen molar-refractivity contribution in [3.63, 3.8) is 0 Å². The summed E-state index contributed by atoms with van der Waals surface area (Å²) >= 11 is 6.16. The first-order valence-electron chi connectivity index (χ1n) is 8.16. The Morgan fingerprint density at radius 1 is 1.04 bits per heavy atom. The molecule has 26 heavy (non-hydrogen) atoms. The number of benzene rings is 2. The Labute approximate surface area is 157 Å². The number of amides is 1. The number of aryl methyl sites for hydroxylation is 2. The summed E-state index contributed by atoms with van der Waals surface area (Å²) in [4.78, 5) is 23.1. The Morgan fingerprint density at radius 3 is 2.46 bits per heavy atom. The largest absolute Gasteiger partial charge is 0.324 e. The number of nitrogens with zero attached hydrogens (tertiary/aromatic N) is 3. The standard InChI is InChI=1S/C20H19ClN4O/c1-13-9-10-15(12-17(13)21)23-20-22-14(2)11-18(24-20)19(26)25(3)16-7-5-4-6-8-16/h4-12H,1-3H3,(H,22,23,24). The molecule has 1 N–H and O–H groups in total. The molecule has 3 rings (SSSR count). The number of hydrogen-bond acceptors (Lipinski definition) is 4. The maximum Gasteiger partial charge on any atom is 0.276 e. The first kappa shape index (κ1) is 17.9. The van der Waals surface area contributed by atoms with Crippen LogP contribution in [0.2, 0.25) is 5.02 Å². The van der Waals surface area contributed by atoms with Crippen molar-refractivity contribution in [1.82, 2.24) is 9.97 Å². The lowest BCUT2D eigenvalue weighted by molar-refractivity contribution is 0.0988. The van der Waals surface area contributed by atoms with E-state index in [-0.39, 0.29) is 5.91 Å². The van der Waals surface area contributed by atoms with E-state index in [0.29, 0.717) is 22.4 Å². The quantitative estimate of drug-likeness (QED) is 0.722. The molecule has 0 bridgehead atoms. The molecule has 0 radical (unpaired) electrons. The number of aromatic nitrogens is 2. The number of anilines is 3. The third kappa shape index (κ3) is 4.00. The number of nitrogens with one attached hydrogen (secondary N) is 1. The molecule has 5 nitrogen and oxygen atoms in total. The maximum absolute atomic E-state index is 12.8. The number of carbonyl (C=O) groups excluding carboxylic acids is 1. The second kappa shape index (κ2) is 7.54. The average Bonchev–Trinajstić information content (AvgIpc) is 2.64. The van der Waals surface area contributed by atoms with Crippen LogP contribution in [0.1, 0.15) is 21.7 Å². The van der Waals surface area contributed by atoms with E-state index >= 15 is 0 Å². The number of halogens is 1. The van der Waals surface area contributed by atoms with Gasteiger partial charge in [-0.1, -0.05) is 35.9 Å². The monoisotopic (exact) mass is 366 g/mol. The Balaban J connectivity index is 1.87. The molecule has 6 heteroatoms. The van der Waals surface area contributed by atoms with E-state index < -0.39 is 0 Å². The summed E-state index contributed by atoms with van der Waals surface area (Å²) < 4.78 is 0. The first-order valence-corrected chi connectivity index (χ1v) is 8.54. The summed E-state index contributed by atoms with van der Waals surface area (Å²) in [6, 6.07) is 16.7. The van der Waals surface area contributed by atoms with Gasteiger partial charge in [0.05, 0.1) is 0 Å². The molecule has 0 saturated carbocycles. The number of hydrogen-bond donors (Lipinski definition) is 1. The van der Waals surface area contributed by atoms with Crippen molar-refractivity contribution in [1.29, 1.82) is 0 Å². The van der Waals surface area contributed by atoms with Crippen molar-refractivity contribution >= 4 is 34.8 Å². The van der Waals surface area contributed by atoms with Crippen LogP contribution in [-0.4, -0.2) is 22.9 Å². The van der Waals surface area contributed by atoms with Crippen LogP contribution in [0.4, 0.5) is 17.3 Å². The minimum absolute atomic E-state index is 0.202. The zero-order valence-electron chi connectivity index (χ0n) is 14.8. The molecule has 1 heterocycles. The number of carbonyl (C=O) groups is 1. The highest BCUT2D eigenvalue weighted by Gasteiger charge is 2.16. The molecule has 0 aliphatic heterocycles. The zero-order valence-corrected chi connectivity index (χ0v) is 15.6. The van der Waals surface area contributed by atoms with Crippen LogP contribution in [0.25, 0.3) is 0 Å². The molecule has 0 spiro atoms. The van der Waals surface area contributed by atoms with Crippen LogP contribution in [0.15, 0.2) is 54.6 Å². The molecule has 0 saturated heterocycles. The van der Waals surface area contributed by atoms with Crippen molar-refractivity contribution in [3.05, 3.63) is 76.6 Å². The van der Waals surface area contributed by atoms with Crippen LogP contribution in [0.5, 0.6) is 0 Å². The molecule has 3 aromatic rings. The van der Waals surface area contributed by atoms with Gasteiger partial charge in [-0.2, -0.15) is 0 Å². The Kier molecular flexibility index (Phi) is 5.19. The van der Waals surface area contributed by atoms with Crippen LogP contribution in [-0.2, 0) is 0 Å². The van der Waals surface area contributed by atoms with Crippen molar-refractivity contribution < 1.29 is 4.79 Å². The second-order valence-electron chi connectivity index (χ2n) is 6.01. The minimum Gasteiger partial charge on any atom is -0.324 e. The normalized spacial score (nSPS) is 10.5. The highest BCUT2D eigenvalue weighted by Crippen LogP contribution is 2.22. The Bertz CT molecular complexity index is 944. The van der Waals surface area contributed by atoms with Crippen molar-refractivity contribution in [2.45, 2.75) is 13.8 Å². The Hall–Kier alpha value is -2.92. The number of para-hydroxylation sites is 1. The van der Waals surface area contributed by atoms with E-state index in [1.807, 2.05) is 56.3 Å². The summed E-state index contributed by atoms with van der Waals surface area (Å²) in [7, 11) is 1.72. The van der Waals surface area contributed by atoms with E-state index in [4.69, 9.17) is 11.6 Å². The highest BCUT2D eigenvalue weighted by molar-refractivity contribution is 6.31. The van der Waals surface area contributed by atoms with Gasteiger partial charge in [-0.15, -0.1) is 0 Å². The second-order valence-corrected chi connectivity index (χ2v) is 6.41. The predicted molar refractivity (Wildman–Crippen MR) is 105 cm³/mol. The smallest absolute Gasteiger partial charge is 0.276 e. The van der Waals surface area contributed by atoms with E-state index in [9.17, 15) is 4.79 Å². The summed E-state index contributed by atoms with van der Waals surface area (Å²) in [6.07, 6.45) is 0. The van der Waals surface area contributed by atoms with E-state index in [1.54, 1.807) is 24.1 Å². The fourth-order valence-electron chi connectivity index (χ4n) is 2.47. The third-order valence-corrected chi connectivity index (χ3v) is 4.36. The summed E-state index contributed by atoms with van der Waals surface area (Å²) in [5, 5.41) is 3.76. The highest BCUT2D eigenvalue weighted by atomic mass is 35.5. The third-order valence-electron chi connectivity index (χ3n) is 3.95. The van der Waals surface area contributed by atoms with E-state index in [2.05, 4.69) is 15.3 Å². The van der Waals surface area contributed by atoms with Crippen molar-refractivity contribution in [3.8, 4) is 0 Å². The van der Waals surface area contributed by atoms with Gasteiger partial charge in [0.1, 0.15) is 5.69 Å². The molecule has 0 unspecified atom stereocenters. The van der Waals surface area contributed by atoms with Crippen LogP contribution < -0.4 is 10.2 Å². The van der Waals surface area contributed by atoms with Crippen molar-refractivity contribution in [2.75, 3.05) is 17.3 Å². The molecule has 1 amide bonds. The van der Waals surface area contributed by atoms with Gasteiger partial charge in [0.25, 0.3) is 5.91 Å². The van der Waals surface area contributed by atoms with Crippen molar-refractivity contribution in [2.24, 2.45) is 0 Å². The molecule has 2 aromatic carbocycles. The summed E-state index contributed by atoms with van der Waals surface area (Å²) in [5.41, 5.74) is 3.58. The molecule has 0 aliphatic carbocycles. The SMILES string of the molecule is Cc1cc(C(=O)N(C)c2ccccc2)nc(Nc2ccc(C)c(Cl)c2)n1. The number of rotatable bonds is 4. The topological polar surface area (TPSA) is 58.1 Å².